The summed E-state index contributed by atoms with van der Waals surface area (Å²) in [4.78, 5) is 29.0. The number of fused-ring (bicyclic) bond motifs is 1. The van der Waals surface area contributed by atoms with Crippen LogP contribution in [0.15, 0.2) is 35.1 Å². The fraction of sp³-hybridized carbons (Fsp3) is 0.412. The van der Waals surface area contributed by atoms with Crippen molar-refractivity contribution >= 4 is 16.8 Å². The largest absolute Gasteiger partial charge is 0.380 e. The van der Waals surface area contributed by atoms with Crippen molar-refractivity contribution in [3.05, 3.63) is 46.2 Å². The van der Waals surface area contributed by atoms with Crippen LogP contribution in [-0.4, -0.2) is 54.2 Å². The van der Waals surface area contributed by atoms with Crippen molar-refractivity contribution in [1.82, 2.24) is 15.2 Å². The van der Waals surface area contributed by atoms with Crippen molar-refractivity contribution in [1.29, 1.82) is 0 Å². The molecule has 6 heteroatoms. The van der Waals surface area contributed by atoms with Gasteiger partial charge in [0.05, 0.1) is 12.2 Å². The number of pyridine rings is 1. The molecule has 0 bridgehead atoms. The second kappa shape index (κ2) is 5.79. The SMILES string of the molecule is O=C(c1cc(=O)[nH]c2ccccc12)N1CC(NC2CCOC2)C1. The van der Waals surface area contributed by atoms with Crippen molar-refractivity contribution in [3.63, 3.8) is 0 Å². The Morgan fingerprint density at radius 3 is 2.87 bits per heavy atom. The van der Waals surface area contributed by atoms with Crippen LogP contribution < -0.4 is 10.9 Å². The van der Waals surface area contributed by atoms with E-state index < -0.39 is 0 Å². The van der Waals surface area contributed by atoms with Crippen LogP contribution in [-0.2, 0) is 4.74 Å². The first-order chi connectivity index (χ1) is 11.2. The molecular formula is C17H19N3O3. The average molecular weight is 313 g/mol. The van der Waals surface area contributed by atoms with E-state index in [4.69, 9.17) is 4.74 Å². The van der Waals surface area contributed by atoms with Gasteiger partial charge in [-0.05, 0) is 12.5 Å². The number of likely N-dealkylation sites (tertiary alicyclic amines) is 1. The number of carbonyl (C=O) groups is 1. The van der Waals surface area contributed by atoms with Gasteiger partial charge in [0, 0.05) is 48.7 Å². The van der Waals surface area contributed by atoms with Crippen LogP contribution in [0.2, 0.25) is 0 Å². The minimum atomic E-state index is -0.245. The van der Waals surface area contributed by atoms with Crippen molar-refractivity contribution < 1.29 is 9.53 Å². The van der Waals surface area contributed by atoms with Crippen LogP contribution in [0.25, 0.3) is 10.9 Å². The summed E-state index contributed by atoms with van der Waals surface area (Å²) in [5.41, 5.74) is 0.930. The lowest BCUT2D eigenvalue weighted by Crippen LogP contribution is -2.61. The average Bonchev–Trinajstić information content (AvgIpc) is 3.02. The smallest absolute Gasteiger partial charge is 0.254 e. The topological polar surface area (TPSA) is 74.4 Å². The third-order valence-electron chi connectivity index (χ3n) is 4.55. The minimum Gasteiger partial charge on any atom is -0.380 e. The highest BCUT2D eigenvalue weighted by Gasteiger charge is 2.33. The van der Waals surface area contributed by atoms with E-state index in [2.05, 4.69) is 10.3 Å². The van der Waals surface area contributed by atoms with Gasteiger partial charge in [0.15, 0.2) is 0 Å². The number of nitrogens with one attached hydrogen (secondary N) is 2. The summed E-state index contributed by atoms with van der Waals surface area (Å²) in [6.45, 7) is 2.92. The lowest BCUT2D eigenvalue weighted by molar-refractivity contribution is 0.0550. The number of amides is 1. The standard InChI is InChI=1S/C17H19N3O3/c21-16-7-14(13-3-1-2-4-15(13)19-16)17(22)20-8-12(9-20)18-11-5-6-23-10-11/h1-4,7,11-12,18H,5-6,8-10H2,(H,19,21). The van der Waals surface area contributed by atoms with Crippen LogP contribution in [0.3, 0.4) is 0 Å². The van der Waals surface area contributed by atoms with E-state index in [1.165, 1.54) is 6.07 Å². The molecule has 0 aliphatic carbocycles. The van der Waals surface area contributed by atoms with E-state index in [0.29, 0.717) is 36.3 Å². The summed E-state index contributed by atoms with van der Waals surface area (Å²) in [7, 11) is 0. The van der Waals surface area contributed by atoms with Gasteiger partial charge in [-0.25, -0.2) is 0 Å². The number of hydrogen-bond acceptors (Lipinski definition) is 4. The molecule has 0 spiro atoms. The molecule has 1 amide bonds. The van der Waals surface area contributed by atoms with Gasteiger partial charge in [0.2, 0.25) is 5.56 Å². The van der Waals surface area contributed by atoms with E-state index in [0.717, 1.165) is 25.0 Å². The summed E-state index contributed by atoms with van der Waals surface area (Å²) in [5, 5.41) is 4.30. The molecule has 1 atom stereocenters. The number of H-pyrrole nitrogens is 1. The van der Waals surface area contributed by atoms with Crippen LogP contribution in [0, 0.1) is 0 Å². The molecule has 3 heterocycles. The molecule has 1 aromatic carbocycles. The molecule has 1 unspecified atom stereocenters. The van der Waals surface area contributed by atoms with Gasteiger partial charge in [-0.15, -0.1) is 0 Å². The molecule has 1 aromatic heterocycles. The zero-order valence-electron chi connectivity index (χ0n) is 12.7. The van der Waals surface area contributed by atoms with E-state index in [9.17, 15) is 9.59 Å². The first kappa shape index (κ1) is 14.4. The summed E-state index contributed by atoms with van der Waals surface area (Å²) in [5.74, 6) is -0.0759. The number of hydrogen-bond donors (Lipinski definition) is 2. The zero-order valence-corrected chi connectivity index (χ0v) is 12.7. The zero-order chi connectivity index (χ0) is 15.8. The number of para-hydroxylation sites is 1. The fourth-order valence-electron chi connectivity index (χ4n) is 3.30. The molecule has 120 valence electrons. The van der Waals surface area contributed by atoms with Crippen molar-refractivity contribution in [2.24, 2.45) is 0 Å². The van der Waals surface area contributed by atoms with E-state index in [1.54, 1.807) is 4.90 Å². The molecule has 2 aromatic rings. The monoisotopic (exact) mass is 313 g/mol. The highest BCUT2D eigenvalue weighted by molar-refractivity contribution is 6.06. The van der Waals surface area contributed by atoms with Crippen LogP contribution in [0.1, 0.15) is 16.8 Å². The minimum absolute atomic E-state index is 0.0759. The predicted molar refractivity (Wildman–Crippen MR) is 86.6 cm³/mol. The second-order valence-electron chi connectivity index (χ2n) is 6.23. The maximum absolute atomic E-state index is 12.7. The first-order valence-corrected chi connectivity index (χ1v) is 7.96. The number of aromatic nitrogens is 1. The Labute approximate surface area is 133 Å². The summed E-state index contributed by atoms with van der Waals surface area (Å²) in [6, 6.07) is 9.52. The highest BCUT2D eigenvalue weighted by atomic mass is 16.5. The van der Waals surface area contributed by atoms with E-state index >= 15 is 0 Å². The van der Waals surface area contributed by atoms with E-state index in [-0.39, 0.29) is 11.5 Å². The molecule has 0 saturated carbocycles. The third-order valence-corrected chi connectivity index (χ3v) is 4.55. The fourth-order valence-corrected chi connectivity index (χ4v) is 3.30. The number of carbonyl (C=O) groups excluding carboxylic acids is 1. The Balaban J connectivity index is 1.49. The predicted octanol–water partition coefficient (Wildman–Crippen LogP) is 0.731. The normalized spacial score (nSPS) is 21.6. The van der Waals surface area contributed by atoms with Crippen LogP contribution in [0.5, 0.6) is 0 Å². The summed E-state index contributed by atoms with van der Waals surface area (Å²) < 4.78 is 5.35. The third kappa shape index (κ3) is 2.75. The molecule has 4 rings (SSSR count). The Hall–Kier alpha value is -2.18. The second-order valence-corrected chi connectivity index (χ2v) is 6.23. The van der Waals surface area contributed by atoms with Crippen molar-refractivity contribution in [2.75, 3.05) is 26.3 Å². The van der Waals surface area contributed by atoms with Gasteiger partial charge in [-0.1, -0.05) is 18.2 Å². The molecule has 2 aliphatic rings. The molecule has 2 saturated heterocycles. The summed E-state index contributed by atoms with van der Waals surface area (Å²) in [6.07, 6.45) is 1.03. The van der Waals surface area contributed by atoms with Crippen molar-refractivity contribution in [2.45, 2.75) is 18.5 Å². The van der Waals surface area contributed by atoms with Gasteiger partial charge in [-0.2, -0.15) is 0 Å². The molecule has 23 heavy (non-hydrogen) atoms. The van der Waals surface area contributed by atoms with E-state index in [1.807, 2.05) is 24.3 Å². The quantitative estimate of drug-likeness (QED) is 0.876. The Kier molecular flexibility index (Phi) is 3.63. The van der Waals surface area contributed by atoms with Gasteiger partial charge < -0.3 is 19.9 Å². The molecule has 2 aliphatic heterocycles. The van der Waals surface area contributed by atoms with Crippen molar-refractivity contribution in [3.8, 4) is 0 Å². The van der Waals surface area contributed by atoms with Gasteiger partial charge in [0.25, 0.3) is 5.91 Å². The number of aromatic amines is 1. The first-order valence-electron chi connectivity index (χ1n) is 7.96. The van der Waals surface area contributed by atoms with Gasteiger partial charge >= 0.3 is 0 Å². The lowest BCUT2D eigenvalue weighted by atomic mass is 10.0. The maximum atomic E-state index is 12.7. The van der Waals surface area contributed by atoms with Crippen LogP contribution >= 0.6 is 0 Å². The van der Waals surface area contributed by atoms with Gasteiger partial charge in [0.1, 0.15) is 0 Å². The number of rotatable bonds is 3. The molecule has 6 nitrogen and oxygen atoms in total. The number of nitrogens with zero attached hydrogens (tertiary/aromatic N) is 1. The summed E-state index contributed by atoms with van der Waals surface area (Å²) >= 11 is 0. The Bertz CT molecular complexity index is 789. The van der Waals surface area contributed by atoms with Gasteiger partial charge in [-0.3, -0.25) is 9.59 Å². The maximum Gasteiger partial charge on any atom is 0.254 e. The Morgan fingerprint density at radius 1 is 1.26 bits per heavy atom. The molecule has 2 fully saturated rings. The highest BCUT2D eigenvalue weighted by Crippen LogP contribution is 2.20. The van der Waals surface area contributed by atoms with Crippen LogP contribution in [0.4, 0.5) is 0 Å². The molecule has 2 N–H and O–H groups in total. The number of benzene rings is 1. The molecule has 0 radical (unpaired) electrons. The lowest BCUT2D eigenvalue weighted by Gasteiger charge is -2.41. The Morgan fingerprint density at radius 2 is 2.09 bits per heavy atom. The molecular weight excluding hydrogens is 294 g/mol. The number of ether oxygens (including phenoxy) is 1.